The highest BCUT2D eigenvalue weighted by Crippen LogP contribution is 2.26. The molecule has 0 saturated heterocycles. The molecule has 2 amide bonds. The normalized spacial score (nSPS) is 10.1. The standard InChI is InChI=1S/C18H17FN2O5S/c19-12-5-1-3-7-14(12)25-10-18(24)26-9-17(23)21-13-6-2-4-8-15(13)27-11-16(20)22/h1-8H,9-11H2,(H2,20,22)(H,21,23). The summed E-state index contributed by atoms with van der Waals surface area (Å²) in [6.45, 7) is -1.06. The third-order valence-electron chi connectivity index (χ3n) is 3.08. The lowest BCUT2D eigenvalue weighted by Crippen LogP contribution is -2.24. The van der Waals surface area contributed by atoms with E-state index in [2.05, 4.69) is 5.32 Å². The molecule has 0 aliphatic rings. The fourth-order valence-corrected chi connectivity index (χ4v) is 2.66. The number of nitrogens with one attached hydrogen (secondary N) is 1. The fraction of sp³-hybridized carbons (Fsp3) is 0.167. The van der Waals surface area contributed by atoms with Crippen LogP contribution in [0.2, 0.25) is 0 Å². The number of carbonyl (C=O) groups is 3. The number of benzene rings is 2. The number of esters is 1. The Balaban J connectivity index is 1.80. The molecule has 0 heterocycles. The van der Waals surface area contributed by atoms with Crippen molar-refractivity contribution in [2.24, 2.45) is 5.73 Å². The number of ether oxygens (including phenoxy) is 2. The molecule has 0 bridgehead atoms. The monoisotopic (exact) mass is 392 g/mol. The van der Waals surface area contributed by atoms with Crippen LogP contribution in [0.25, 0.3) is 0 Å². The number of nitrogens with two attached hydrogens (primary N) is 1. The quantitative estimate of drug-likeness (QED) is 0.499. The zero-order chi connectivity index (χ0) is 19.6. The van der Waals surface area contributed by atoms with Gasteiger partial charge in [-0.15, -0.1) is 11.8 Å². The van der Waals surface area contributed by atoms with E-state index in [0.717, 1.165) is 0 Å². The molecule has 0 saturated carbocycles. The Morgan fingerprint density at radius 1 is 1.04 bits per heavy atom. The molecule has 0 spiro atoms. The summed E-state index contributed by atoms with van der Waals surface area (Å²) in [5.41, 5.74) is 5.58. The Labute approximate surface area is 159 Å². The Hall–Kier alpha value is -3.07. The van der Waals surface area contributed by atoms with Crippen molar-refractivity contribution in [1.82, 2.24) is 0 Å². The van der Waals surface area contributed by atoms with Crippen molar-refractivity contribution in [2.45, 2.75) is 4.90 Å². The first kappa shape index (κ1) is 20.2. The third-order valence-corrected chi connectivity index (χ3v) is 4.17. The van der Waals surface area contributed by atoms with E-state index in [1.165, 1.54) is 30.0 Å². The van der Waals surface area contributed by atoms with Crippen LogP contribution < -0.4 is 15.8 Å². The Morgan fingerprint density at radius 3 is 2.48 bits per heavy atom. The summed E-state index contributed by atoms with van der Waals surface area (Å²) >= 11 is 1.18. The topological polar surface area (TPSA) is 108 Å². The number of rotatable bonds is 9. The maximum Gasteiger partial charge on any atom is 0.344 e. The van der Waals surface area contributed by atoms with Crippen molar-refractivity contribution in [3.63, 3.8) is 0 Å². The number of primary amides is 1. The Morgan fingerprint density at radius 2 is 1.74 bits per heavy atom. The van der Waals surface area contributed by atoms with Crippen LogP contribution in [-0.4, -0.2) is 36.8 Å². The summed E-state index contributed by atoms with van der Waals surface area (Å²) in [5, 5.41) is 2.58. The third kappa shape index (κ3) is 6.98. The zero-order valence-corrected chi connectivity index (χ0v) is 15.0. The number of para-hydroxylation sites is 2. The second-order valence-corrected chi connectivity index (χ2v) is 6.20. The van der Waals surface area contributed by atoms with Gasteiger partial charge < -0.3 is 20.5 Å². The summed E-state index contributed by atoms with van der Waals surface area (Å²) in [6, 6.07) is 12.4. The molecule has 0 aliphatic heterocycles. The van der Waals surface area contributed by atoms with E-state index >= 15 is 0 Å². The molecule has 7 nitrogen and oxygen atoms in total. The summed E-state index contributed by atoms with van der Waals surface area (Å²) in [5.74, 6) is -2.49. The molecule has 0 aliphatic carbocycles. The fourth-order valence-electron chi connectivity index (χ4n) is 1.92. The molecule has 3 N–H and O–H groups in total. The lowest BCUT2D eigenvalue weighted by atomic mass is 10.3. The van der Waals surface area contributed by atoms with Crippen LogP contribution in [0.5, 0.6) is 5.75 Å². The molecule has 0 aromatic heterocycles. The minimum absolute atomic E-state index is 0.0647. The first-order valence-electron chi connectivity index (χ1n) is 7.78. The van der Waals surface area contributed by atoms with Crippen LogP contribution in [0, 0.1) is 5.82 Å². The van der Waals surface area contributed by atoms with Crippen molar-refractivity contribution in [3.05, 3.63) is 54.3 Å². The van der Waals surface area contributed by atoms with Gasteiger partial charge >= 0.3 is 5.97 Å². The van der Waals surface area contributed by atoms with Crippen LogP contribution >= 0.6 is 11.8 Å². The number of thioether (sulfide) groups is 1. The molecule has 0 atom stereocenters. The zero-order valence-electron chi connectivity index (χ0n) is 14.1. The first-order chi connectivity index (χ1) is 13.0. The number of hydrogen-bond acceptors (Lipinski definition) is 6. The number of amides is 2. The molecular formula is C18H17FN2O5S. The predicted molar refractivity (Wildman–Crippen MR) is 97.8 cm³/mol. The minimum Gasteiger partial charge on any atom is -0.479 e. The average molecular weight is 392 g/mol. The summed E-state index contributed by atoms with van der Waals surface area (Å²) in [6.07, 6.45) is 0. The lowest BCUT2D eigenvalue weighted by molar-refractivity contribution is -0.149. The van der Waals surface area contributed by atoms with Gasteiger partial charge in [-0.05, 0) is 24.3 Å². The van der Waals surface area contributed by atoms with Gasteiger partial charge in [-0.2, -0.15) is 0 Å². The van der Waals surface area contributed by atoms with Crippen LogP contribution in [0.15, 0.2) is 53.4 Å². The highest BCUT2D eigenvalue weighted by molar-refractivity contribution is 8.00. The summed E-state index contributed by atoms with van der Waals surface area (Å²) in [7, 11) is 0. The Bertz CT molecular complexity index is 831. The maximum atomic E-state index is 13.4. The summed E-state index contributed by atoms with van der Waals surface area (Å²) in [4.78, 5) is 35.1. The van der Waals surface area contributed by atoms with Gasteiger partial charge in [0, 0.05) is 4.90 Å². The first-order valence-corrected chi connectivity index (χ1v) is 8.77. The molecule has 9 heteroatoms. The number of halogens is 1. The lowest BCUT2D eigenvalue weighted by Gasteiger charge is -2.11. The molecule has 27 heavy (non-hydrogen) atoms. The minimum atomic E-state index is -0.815. The van der Waals surface area contributed by atoms with E-state index in [1.807, 2.05) is 0 Å². The van der Waals surface area contributed by atoms with E-state index in [4.69, 9.17) is 15.2 Å². The molecule has 2 aromatic carbocycles. The van der Waals surface area contributed by atoms with Gasteiger partial charge in [0.15, 0.2) is 24.8 Å². The van der Waals surface area contributed by atoms with Gasteiger partial charge in [-0.3, -0.25) is 9.59 Å². The second-order valence-electron chi connectivity index (χ2n) is 5.18. The molecule has 0 unspecified atom stereocenters. The summed E-state index contributed by atoms with van der Waals surface area (Å²) < 4.78 is 23.2. The van der Waals surface area contributed by atoms with E-state index in [-0.39, 0.29) is 11.5 Å². The van der Waals surface area contributed by atoms with Crippen LogP contribution in [-0.2, 0) is 19.1 Å². The van der Waals surface area contributed by atoms with Gasteiger partial charge in [-0.1, -0.05) is 24.3 Å². The highest BCUT2D eigenvalue weighted by atomic mass is 32.2. The largest absolute Gasteiger partial charge is 0.479 e. The number of carbonyl (C=O) groups excluding carboxylic acids is 3. The SMILES string of the molecule is NC(=O)CSc1ccccc1NC(=O)COC(=O)COc1ccccc1F. The second kappa shape index (κ2) is 10.2. The van der Waals surface area contributed by atoms with Crippen LogP contribution in [0.4, 0.5) is 10.1 Å². The van der Waals surface area contributed by atoms with Crippen molar-refractivity contribution >= 4 is 35.2 Å². The number of hydrogen-bond donors (Lipinski definition) is 2. The molecule has 2 aromatic rings. The smallest absolute Gasteiger partial charge is 0.344 e. The van der Waals surface area contributed by atoms with E-state index in [1.54, 1.807) is 30.3 Å². The van der Waals surface area contributed by atoms with E-state index in [9.17, 15) is 18.8 Å². The van der Waals surface area contributed by atoms with Crippen LogP contribution in [0.1, 0.15) is 0 Å². The van der Waals surface area contributed by atoms with Gasteiger partial charge in [-0.25, -0.2) is 9.18 Å². The molecule has 0 fully saturated rings. The molecule has 0 radical (unpaired) electrons. The van der Waals surface area contributed by atoms with Gasteiger partial charge in [0.25, 0.3) is 5.91 Å². The maximum absolute atomic E-state index is 13.4. The van der Waals surface area contributed by atoms with Crippen molar-refractivity contribution in [1.29, 1.82) is 0 Å². The van der Waals surface area contributed by atoms with Gasteiger partial charge in [0.05, 0.1) is 11.4 Å². The molecular weight excluding hydrogens is 375 g/mol. The molecule has 2 rings (SSSR count). The Kier molecular flexibility index (Phi) is 7.63. The average Bonchev–Trinajstić information content (AvgIpc) is 2.65. The van der Waals surface area contributed by atoms with Crippen molar-refractivity contribution in [2.75, 3.05) is 24.3 Å². The van der Waals surface area contributed by atoms with E-state index < -0.39 is 36.8 Å². The van der Waals surface area contributed by atoms with Crippen LogP contribution in [0.3, 0.4) is 0 Å². The molecule has 142 valence electrons. The van der Waals surface area contributed by atoms with Gasteiger partial charge in [0.1, 0.15) is 0 Å². The predicted octanol–water partition coefficient (Wildman–Crippen LogP) is 1.96. The van der Waals surface area contributed by atoms with Gasteiger partial charge in [0.2, 0.25) is 5.91 Å². The highest BCUT2D eigenvalue weighted by Gasteiger charge is 2.12. The van der Waals surface area contributed by atoms with E-state index in [0.29, 0.717) is 10.6 Å². The van der Waals surface area contributed by atoms with Crippen molar-refractivity contribution in [3.8, 4) is 5.75 Å². The number of anilines is 1. The van der Waals surface area contributed by atoms with Crippen molar-refractivity contribution < 1.29 is 28.2 Å².